The zero-order valence-electron chi connectivity index (χ0n) is 24.4. The summed E-state index contributed by atoms with van der Waals surface area (Å²) < 4.78 is 2.37. The second-order valence-corrected chi connectivity index (χ2v) is 11.4. The molecule has 0 amide bonds. The Morgan fingerprint density at radius 1 is 0.400 bits per heavy atom. The molecule has 9 rings (SSSR count). The van der Waals surface area contributed by atoms with Crippen molar-refractivity contribution < 1.29 is 0 Å². The second-order valence-electron chi connectivity index (χ2n) is 11.4. The zero-order valence-corrected chi connectivity index (χ0v) is 24.4. The number of nitrogens with zero attached hydrogens (tertiary/aromatic N) is 3. The van der Waals surface area contributed by atoms with Crippen LogP contribution in [0.25, 0.3) is 82.9 Å². The summed E-state index contributed by atoms with van der Waals surface area (Å²) in [4.78, 5) is 10.5. The smallest absolute Gasteiger partial charge is 0.161 e. The standard InChI is InChI=1S/C42H27N3/c1-3-13-28(14-4-1)29-23-25-30(26-24-29)41-34-19-9-11-21-37(34)43-42(44-41)36-27-39-40(33-18-8-7-17-32(33)36)35-20-10-12-22-38(35)45(39)31-15-5-2-6-16-31/h1-27H. The van der Waals surface area contributed by atoms with Crippen LogP contribution in [0.5, 0.6) is 0 Å². The van der Waals surface area contributed by atoms with Gasteiger partial charge in [-0.2, -0.15) is 0 Å². The predicted molar refractivity (Wildman–Crippen MR) is 188 cm³/mol. The molecule has 0 aliphatic carbocycles. The molecule has 2 aromatic heterocycles. The molecule has 3 nitrogen and oxygen atoms in total. The predicted octanol–water partition coefficient (Wildman–Crippen LogP) is 10.9. The van der Waals surface area contributed by atoms with Crippen molar-refractivity contribution in [2.45, 2.75) is 0 Å². The lowest BCUT2D eigenvalue weighted by atomic mass is 9.97. The summed E-state index contributed by atoms with van der Waals surface area (Å²) in [6.07, 6.45) is 0. The number of hydrogen-bond acceptors (Lipinski definition) is 2. The van der Waals surface area contributed by atoms with Gasteiger partial charge in [0.1, 0.15) is 0 Å². The maximum absolute atomic E-state index is 5.34. The van der Waals surface area contributed by atoms with E-state index in [2.05, 4.69) is 162 Å². The molecule has 0 bridgehead atoms. The van der Waals surface area contributed by atoms with Crippen LogP contribution in [0, 0.1) is 0 Å². The maximum Gasteiger partial charge on any atom is 0.161 e. The van der Waals surface area contributed by atoms with Crippen molar-refractivity contribution in [2.75, 3.05) is 0 Å². The van der Waals surface area contributed by atoms with Gasteiger partial charge in [-0.1, -0.05) is 133 Å². The van der Waals surface area contributed by atoms with Gasteiger partial charge in [0.2, 0.25) is 0 Å². The number of hydrogen-bond donors (Lipinski definition) is 0. The molecule has 210 valence electrons. The first kappa shape index (κ1) is 25.4. The van der Waals surface area contributed by atoms with E-state index in [9.17, 15) is 0 Å². The van der Waals surface area contributed by atoms with Gasteiger partial charge >= 0.3 is 0 Å². The van der Waals surface area contributed by atoms with Crippen LogP contribution in [0.4, 0.5) is 0 Å². The third-order valence-corrected chi connectivity index (χ3v) is 8.80. The fourth-order valence-corrected chi connectivity index (χ4v) is 6.74. The average molecular weight is 574 g/mol. The molecule has 9 aromatic rings. The van der Waals surface area contributed by atoms with Gasteiger partial charge in [-0.25, -0.2) is 9.97 Å². The van der Waals surface area contributed by atoms with E-state index >= 15 is 0 Å². The summed E-state index contributed by atoms with van der Waals surface area (Å²) in [6.45, 7) is 0. The molecule has 45 heavy (non-hydrogen) atoms. The van der Waals surface area contributed by atoms with Crippen LogP contribution >= 0.6 is 0 Å². The van der Waals surface area contributed by atoms with Crippen molar-refractivity contribution in [1.82, 2.24) is 14.5 Å². The Morgan fingerprint density at radius 3 is 1.76 bits per heavy atom. The van der Waals surface area contributed by atoms with Crippen LogP contribution in [0.15, 0.2) is 164 Å². The van der Waals surface area contributed by atoms with E-state index in [1.165, 1.54) is 32.8 Å². The minimum atomic E-state index is 0.721. The third kappa shape index (κ3) is 4.13. The molecule has 3 heteroatoms. The Labute approximate surface area is 260 Å². The molecule has 0 unspecified atom stereocenters. The third-order valence-electron chi connectivity index (χ3n) is 8.80. The summed E-state index contributed by atoms with van der Waals surface area (Å²) in [6, 6.07) is 57.8. The van der Waals surface area contributed by atoms with Crippen LogP contribution in [-0.2, 0) is 0 Å². The lowest BCUT2D eigenvalue weighted by Crippen LogP contribution is -1.97. The van der Waals surface area contributed by atoms with Gasteiger partial charge in [-0.05, 0) is 52.2 Å². The lowest BCUT2D eigenvalue weighted by molar-refractivity contribution is 1.18. The average Bonchev–Trinajstić information content (AvgIpc) is 3.46. The van der Waals surface area contributed by atoms with E-state index in [1.54, 1.807) is 0 Å². The molecule has 0 fully saturated rings. The highest BCUT2D eigenvalue weighted by atomic mass is 15.0. The molecule has 2 heterocycles. The molecule has 0 aliphatic heterocycles. The molecular weight excluding hydrogens is 546 g/mol. The molecule has 0 saturated carbocycles. The van der Waals surface area contributed by atoms with Crippen LogP contribution in [0.3, 0.4) is 0 Å². The Bertz CT molecular complexity index is 2510. The van der Waals surface area contributed by atoms with Crippen molar-refractivity contribution in [3.05, 3.63) is 164 Å². The molecule has 0 aliphatic rings. The van der Waals surface area contributed by atoms with Gasteiger partial charge in [-0.3, -0.25) is 0 Å². The molecule has 7 aromatic carbocycles. The molecule has 0 radical (unpaired) electrons. The Hall–Kier alpha value is -6.06. The summed E-state index contributed by atoms with van der Waals surface area (Å²) in [5.74, 6) is 0.721. The monoisotopic (exact) mass is 573 g/mol. The summed E-state index contributed by atoms with van der Waals surface area (Å²) in [5.41, 5.74) is 9.78. The Balaban J connectivity index is 1.33. The molecule has 0 saturated heterocycles. The van der Waals surface area contributed by atoms with E-state index in [-0.39, 0.29) is 0 Å². The summed E-state index contributed by atoms with van der Waals surface area (Å²) in [5, 5.41) is 5.85. The maximum atomic E-state index is 5.34. The largest absolute Gasteiger partial charge is 0.309 e. The minimum Gasteiger partial charge on any atom is -0.309 e. The summed E-state index contributed by atoms with van der Waals surface area (Å²) in [7, 11) is 0. The zero-order chi connectivity index (χ0) is 29.7. The topological polar surface area (TPSA) is 30.7 Å². The molecule has 0 N–H and O–H groups in total. The quantitative estimate of drug-likeness (QED) is 0.210. The van der Waals surface area contributed by atoms with Crippen molar-refractivity contribution in [3.8, 4) is 39.5 Å². The number of para-hydroxylation sites is 3. The number of aromatic nitrogens is 3. The molecule has 0 spiro atoms. The van der Waals surface area contributed by atoms with Crippen LogP contribution in [0.2, 0.25) is 0 Å². The van der Waals surface area contributed by atoms with Crippen molar-refractivity contribution in [1.29, 1.82) is 0 Å². The fraction of sp³-hybridized carbons (Fsp3) is 0. The Morgan fingerprint density at radius 2 is 0.978 bits per heavy atom. The normalized spacial score (nSPS) is 11.6. The highest BCUT2D eigenvalue weighted by Crippen LogP contribution is 2.41. The van der Waals surface area contributed by atoms with Crippen molar-refractivity contribution in [3.63, 3.8) is 0 Å². The first-order chi connectivity index (χ1) is 22.3. The first-order valence-corrected chi connectivity index (χ1v) is 15.3. The van der Waals surface area contributed by atoms with E-state index in [0.717, 1.165) is 50.1 Å². The summed E-state index contributed by atoms with van der Waals surface area (Å²) >= 11 is 0. The van der Waals surface area contributed by atoms with Gasteiger partial charge in [0.15, 0.2) is 5.82 Å². The van der Waals surface area contributed by atoms with Crippen molar-refractivity contribution >= 4 is 43.5 Å². The number of fused-ring (bicyclic) bond motifs is 6. The van der Waals surface area contributed by atoms with Gasteiger partial charge < -0.3 is 4.57 Å². The van der Waals surface area contributed by atoms with E-state index < -0.39 is 0 Å². The van der Waals surface area contributed by atoms with Crippen LogP contribution < -0.4 is 0 Å². The highest BCUT2D eigenvalue weighted by molar-refractivity contribution is 6.24. The van der Waals surface area contributed by atoms with Gasteiger partial charge in [0, 0.05) is 33.0 Å². The van der Waals surface area contributed by atoms with Crippen molar-refractivity contribution in [2.24, 2.45) is 0 Å². The molecule has 0 atom stereocenters. The lowest BCUT2D eigenvalue weighted by Gasteiger charge is -2.14. The van der Waals surface area contributed by atoms with E-state index in [4.69, 9.17) is 9.97 Å². The Kier molecular flexibility index (Phi) is 5.82. The second kappa shape index (κ2) is 10.3. The highest BCUT2D eigenvalue weighted by Gasteiger charge is 2.20. The van der Waals surface area contributed by atoms with Gasteiger partial charge in [0.05, 0.1) is 22.2 Å². The van der Waals surface area contributed by atoms with Gasteiger partial charge in [0.25, 0.3) is 0 Å². The van der Waals surface area contributed by atoms with Crippen LogP contribution in [0.1, 0.15) is 0 Å². The van der Waals surface area contributed by atoms with Crippen LogP contribution in [-0.4, -0.2) is 14.5 Å². The first-order valence-electron chi connectivity index (χ1n) is 15.3. The number of rotatable bonds is 4. The van der Waals surface area contributed by atoms with E-state index in [0.29, 0.717) is 0 Å². The minimum absolute atomic E-state index is 0.721. The van der Waals surface area contributed by atoms with E-state index in [1.807, 2.05) is 6.07 Å². The fourth-order valence-electron chi connectivity index (χ4n) is 6.74. The molecular formula is C42H27N3. The SMILES string of the molecule is c1ccc(-c2ccc(-c3nc(-c4cc5c(c6ccccc46)c4ccccc4n5-c4ccccc4)nc4ccccc34)cc2)cc1. The van der Waals surface area contributed by atoms with Gasteiger partial charge in [-0.15, -0.1) is 0 Å². The number of benzene rings is 7.